The summed E-state index contributed by atoms with van der Waals surface area (Å²) in [6, 6.07) is 0.225. The molecule has 0 aliphatic rings. The van der Waals surface area contributed by atoms with Gasteiger partial charge in [0.15, 0.2) is 0 Å². The van der Waals surface area contributed by atoms with Gasteiger partial charge in [-0.1, -0.05) is 25.2 Å². The van der Waals surface area contributed by atoms with Gasteiger partial charge in [-0.25, -0.2) is 8.78 Å². The van der Waals surface area contributed by atoms with Gasteiger partial charge in [-0.2, -0.15) is 0 Å². The molecule has 18 heavy (non-hydrogen) atoms. The van der Waals surface area contributed by atoms with Crippen molar-refractivity contribution in [2.24, 2.45) is 0 Å². The number of nitrogens with zero attached hydrogens (tertiary/aromatic N) is 2. The van der Waals surface area contributed by atoms with Crippen molar-refractivity contribution in [3.63, 3.8) is 0 Å². The Bertz CT molecular complexity index is 336. The van der Waals surface area contributed by atoms with E-state index in [9.17, 15) is 8.78 Å². The van der Waals surface area contributed by atoms with Crippen LogP contribution in [-0.4, -0.2) is 36.4 Å². The topological polar surface area (TPSA) is 47.0 Å². The van der Waals surface area contributed by atoms with E-state index < -0.39 is 13.0 Å². The van der Waals surface area contributed by atoms with Gasteiger partial charge in [0, 0.05) is 6.42 Å². The van der Waals surface area contributed by atoms with Crippen molar-refractivity contribution < 1.29 is 13.5 Å². The summed E-state index contributed by atoms with van der Waals surface area (Å²) in [5, 5.41) is 13.3. The minimum absolute atomic E-state index is 0.225. The Balaban J connectivity index is 2.37. The molecule has 1 unspecified atom stereocenters. The molecular weight excluding hydrogens is 260 g/mol. The second-order valence-corrected chi connectivity index (χ2v) is 4.86. The van der Waals surface area contributed by atoms with Crippen LogP contribution in [0.4, 0.5) is 8.78 Å². The first-order valence-corrected chi connectivity index (χ1v) is 6.90. The van der Waals surface area contributed by atoms with Crippen LogP contribution in [-0.2, 0) is 11.2 Å². The van der Waals surface area contributed by atoms with E-state index in [1.54, 1.807) is 0 Å². The number of hydrogen-bond acceptors (Lipinski definition) is 5. The van der Waals surface area contributed by atoms with E-state index >= 15 is 0 Å². The van der Waals surface area contributed by atoms with Gasteiger partial charge >= 0.3 is 0 Å². The molecule has 1 aromatic heterocycles. The molecule has 0 aliphatic carbocycles. The van der Waals surface area contributed by atoms with Crippen LogP contribution in [0.5, 0.6) is 0 Å². The van der Waals surface area contributed by atoms with Crippen LogP contribution in [0.1, 0.15) is 36.3 Å². The van der Waals surface area contributed by atoms with Crippen LogP contribution in [0.25, 0.3) is 0 Å². The van der Waals surface area contributed by atoms with Crippen LogP contribution in [0.3, 0.4) is 0 Å². The Morgan fingerprint density at radius 2 is 2.11 bits per heavy atom. The summed E-state index contributed by atoms with van der Waals surface area (Å²) < 4.78 is 28.5. The summed E-state index contributed by atoms with van der Waals surface area (Å²) in [5.74, 6) is 0. The summed E-state index contributed by atoms with van der Waals surface area (Å²) in [4.78, 5) is 0. The molecule has 1 rings (SSSR count). The molecular formula is C11H19F2N3OS. The lowest BCUT2D eigenvalue weighted by molar-refractivity contribution is 0.0186. The third-order valence-electron chi connectivity index (χ3n) is 2.34. The van der Waals surface area contributed by atoms with E-state index in [-0.39, 0.29) is 12.6 Å². The smallest absolute Gasteiger partial charge is 0.261 e. The summed E-state index contributed by atoms with van der Waals surface area (Å²) in [6.45, 7) is 4.76. The molecule has 1 N–H and O–H groups in total. The lowest BCUT2D eigenvalue weighted by Crippen LogP contribution is -2.19. The molecule has 4 nitrogen and oxygen atoms in total. The first-order chi connectivity index (χ1) is 8.67. The summed E-state index contributed by atoms with van der Waals surface area (Å²) in [5.41, 5.74) is 0. The minimum Gasteiger partial charge on any atom is -0.375 e. The Labute approximate surface area is 110 Å². The Morgan fingerprint density at radius 3 is 2.72 bits per heavy atom. The largest absolute Gasteiger partial charge is 0.375 e. The molecule has 0 amide bonds. The third-order valence-corrected chi connectivity index (χ3v) is 3.44. The Morgan fingerprint density at radius 1 is 1.33 bits per heavy atom. The second-order valence-electron chi connectivity index (χ2n) is 3.77. The van der Waals surface area contributed by atoms with Crippen molar-refractivity contribution >= 4 is 11.3 Å². The van der Waals surface area contributed by atoms with Crippen LogP contribution in [0, 0.1) is 0 Å². The molecule has 0 fully saturated rings. The number of nitrogens with one attached hydrogen (secondary N) is 1. The van der Waals surface area contributed by atoms with Crippen LogP contribution in [0.15, 0.2) is 0 Å². The van der Waals surface area contributed by atoms with E-state index in [1.165, 1.54) is 11.3 Å². The van der Waals surface area contributed by atoms with Crippen LogP contribution < -0.4 is 5.32 Å². The zero-order valence-corrected chi connectivity index (χ0v) is 11.5. The van der Waals surface area contributed by atoms with Crippen molar-refractivity contribution in [1.82, 2.24) is 15.5 Å². The van der Waals surface area contributed by atoms with Crippen LogP contribution in [0.2, 0.25) is 0 Å². The average Bonchev–Trinajstić information content (AvgIpc) is 2.80. The molecule has 0 radical (unpaired) electrons. The molecule has 1 atom stereocenters. The van der Waals surface area contributed by atoms with Gasteiger partial charge in [-0.3, -0.25) is 0 Å². The summed E-state index contributed by atoms with van der Waals surface area (Å²) in [7, 11) is 0. The standard InChI is InChI=1S/C11H19F2N3OS/c1-3-8(14-4-2)11-16-15-10(18-11)5-6-17-7-9(12)13/h8-9,14H,3-7H2,1-2H3. The highest BCUT2D eigenvalue weighted by Crippen LogP contribution is 2.20. The number of halogens is 2. The van der Waals surface area contributed by atoms with Gasteiger partial charge in [0.05, 0.1) is 12.6 Å². The first kappa shape index (κ1) is 15.4. The Kier molecular flexibility index (Phi) is 7.22. The first-order valence-electron chi connectivity index (χ1n) is 6.08. The Hall–Kier alpha value is -0.660. The maximum Gasteiger partial charge on any atom is 0.261 e. The van der Waals surface area contributed by atoms with E-state index in [4.69, 9.17) is 4.74 Å². The van der Waals surface area contributed by atoms with Crippen LogP contribution >= 0.6 is 11.3 Å². The maximum absolute atomic E-state index is 11.8. The summed E-state index contributed by atoms with van der Waals surface area (Å²) in [6.07, 6.45) is -0.926. The second kappa shape index (κ2) is 8.44. The van der Waals surface area contributed by atoms with Crippen molar-refractivity contribution in [2.75, 3.05) is 19.8 Å². The van der Waals surface area contributed by atoms with Gasteiger partial charge in [0.1, 0.15) is 16.6 Å². The molecule has 0 saturated carbocycles. The van der Waals surface area contributed by atoms with Gasteiger partial charge in [-0.15, -0.1) is 10.2 Å². The van der Waals surface area contributed by atoms with Crippen molar-refractivity contribution in [3.05, 3.63) is 10.0 Å². The van der Waals surface area contributed by atoms with Gasteiger partial charge in [0.25, 0.3) is 6.43 Å². The number of aromatic nitrogens is 2. The predicted octanol–water partition coefficient (Wildman–Crippen LogP) is 2.42. The molecule has 0 aliphatic heterocycles. The highest BCUT2D eigenvalue weighted by molar-refractivity contribution is 7.11. The molecule has 7 heteroatoms. The van der Waals surface area contributed by atoms with E-state index in [1.807, 2.05) is 6.92 Å². The molecule has 1 aromatic rings. The minimum atomic E-state index is -2.41. The fraction of sp³-hybridized carbons (Fsp3) is 0.818. The normalized spacial score (nSPS) is 13.2. The van der Waals surface area contributed by atoms with Crippen molar-refractivity contribution in [2.45, 2.75) is 39.2 Å². The van der Waals surface area contributed by atoms with Gasteiger partial charge < -0.3 is 10.1 Å². The van der Waals surface area contributed by atoms with Crippen molar-refractivity contribution in [1.29, 1.82) is 0 Å². The highest BCUT2D eigenvalue weighted by Gasteiger charge is 2.13. The van der Waals surface area contributed by atoms with Gasteiger partial charge in [-0.05, 0) is 13.0 Å². The quantitative estimate of drug-likeness (QED) is 0.705. The number of rotatable bonds is 9. The maximum atomic E-state index is 11.8. The monoisotopic (exact) mass is 279 g/mol. The fourth-order valence-electron chi connectivity index (χ4n) is 1.49. The highest BCUT2D eigenvalue weighted by atomic mass is 32.1. The zero-order valence-electron chi connectivity index (χ0n) is 10.7. The van der Waals surface area contributed by atoms with E-state index in [0.717, 1.165) is 23.0 Å². The number of ether oxygens (including phenoxy) is 1. The third kappa shape index (κ3) is 5.32. The lowest BCUT2D eigenvalue weighted by Gasteiger charge is -2.10. The van der Waals surface area contributed by atoms with Crippen molar-refractivity contribution in [3.8, 4) is 0 Å². The molecule has 0 aromatic carbocycles. The SMILES string of the molecule is CCNC(CC)c1nnc(CCOCC(F)F)s1. The molecule has 104 valence electrons. The average molecular weight is 279 g/mol. The zero-order chi connectivity index (χ0) is 13.4. The molecule has 0 bridgehead atoms. The lowest BCUT2D eigenvalue weighted by atomic mass is 10.2. The molecule has 0 saturated heterocycles. The predicted molar refractivity (Wildman–Crippen MR) is 67.1 cm³/mol. The summed E-state index contributed by atoms with van der Waals surface area (Å²) >= 11 is 1.51. The fourth-order valence-corrected chi connectivity index (χ4v) is 2.48. The number of alkyl halides is 2. The molecule has 0 spiro atoms. The van der Waals surface area contributed by atoms with Gasteiger partial charge in [0.2, 0.25) is 0 Å². The van der Waals surface area contributed by atoms with E-state index in [2.05, 4.69) is 22.4 Å². The number of hydrogen-bond donors (Lipinski definition) is 1. The van der Waals surface area contributed by atoms with E-state index in [0.29, 0.717) is 6.42 Å². The molecule has 1 heterocycles.